The van der Waals surface area contributed by atoms with Crippen LogP contribution in [0.5, 0.6) is 11.5 Å². The first-order valence-corrected chi connectivity index (χ1v) is 8.00. The molecule has 2 aromatic carbocycles. The highest BCUT2D eigenvalue weighted by molar-refractivity contribution is 6.03. The molecule has 0 fully saturated rings. The Kier molecular flexibility index (Phi) is 3.73. The lowest BCUT2D eigenvalue weighted by Gasteiger charge is -2.14. The summed E-state index contributed by atoms with van der Waals surface area (Å²) in [4.78, 5) is 24.7. The molecular weight excluding hydrogens is 334 g/mol. The average Bonchev–Trinajstić information content (AvgIpc) is 2.65. The maximum atomic E-state index is 13.1. The number of aromatic hydroxyl groups is 1. The number of hydrogen-bond acceptors (Lipinski definition) is 5. The molecule has 0 saturated carbocycles. The van der Waals surface area contributed by atoms with Crippen molar-refractivity contribution < 1.29 is 14.3 Å². The van der Waals surface area contributed by atoms with Gasteiger partial charge in [0.15, 0.2) is 5.58 Å². The molecule has 2 aromatic heterocycles. The van der Waals surface area contributed by atoms with Gasteiger partial charge in [0, 0.05) is 10.9 Å². The first-order chi connectivity index (χ1) is 12.6. The van der Waals surface area contributed by atoms with Gasteiger partial charge in [-0.25, -0.2) is 4.79 Å². The van der Waals surface area contributed by atoms with E-state index in [4.69, 9.17) is 9.15 Å². The van der Waals surface area contributed by atoms with Gasteiger partial charge >= 0.3 is 5.63 Å². The monoisotopic (exact) mass is 349 g/mol. The van der Waals surface area contributed by atoms with Crippen LogP contribution in [0.15, 0.2) is 68.6 Å². The Hall–Kier alpha value is -3.54. The van der Waals surface area contributed by atoms with E-state index in [-0.39, 0.29) is 23.3 Å². The summed E-state index contributed by atoms with van der Waals surface area (Å²) in [6.07, 6.45) is 0. The molecule has 0 bridgehead atoms. The van der Waals surface area contributed by atoms with Crippen LogP contribution in [-0.4, -0.2) is 16.8 Å². The van der Waals surface area contributed by atoms with Gasteiger partial charge in [-0.2, -0.15) is 0 Å². The molecule has 0 atom stereocenters. The predicted molar refractivity (Wildman–Crippen MR) is 98.0 cm³/mol. The van der Waals surface area contributed by atoms with Crippen molar-refractivity contribution in [1.29, 1.82) is 0 Å². The lowest BCUT2D eigenvalue weighted by Crippen LogP contribution is -2.22. The molecule has 0 aliphatic rings. The van der Waals surface area contributed by atoms with Crippen molar-refractivity contribution in [2.75, 3.05) is 7.11 Å². The van der Waals surface area contributed by atoms with Crippen LogP contribution in [0.2, 0.25) is 0 Å². The first-order valence-electron chi connectivity index (χ1n) is 8.00. The van der Waals surface area contributed by atoms with E-state index in [1.54, 1.807) is 31.4 Å². The summed E-state index contributed by atoms with van der Waals surface area (Å²) in [5.74, 6) is 0.271. The van der Waals surface area contributed by atoms with Crippen molar-refractivity contribution in [2.24, 2.45) is 0 Å². The number of aromatic nitrogens is 1. The van der Waals surface area contributed by atoms with Crippen LogP contribution in [0.25, 0.3) is 21.9 Å². The van der Waals surface area contributed by atoms with Gasteiger partial charge in [-0.3, -0.25) is 4.79 Å². The molecule has 2 heterocycles. The van der Waals surface area contributed by atoms with E-state index in [1.807, 2.05) is 24.3 Å². The summed E-state index contributed by atoms with van der Waals surface area (Å²) in [6.45, 7) is 0.248. The Labute approximate surface area is 147 Å². The van der Waals surface area contributed by atoms with E-state index in [1.165, 1.54) is 4.57 Å². The molecule has 6 heteroatoms. The van der Waals surface area contributed by atoms with Crippen molar-refractivity contribution in [2.45, 2.75) is 6.54 Å². The van der Waals surface area contributed by atoms with Crippen LogP contribution in [0, 0.1) is 0 Å². The fraction of sp³-hybridized carbons (Fsp3) is 0.100. The van der Waals surface area contributed by atoms with E-state index in [9.17, 15) is 14.7 Å². The standard InChI is InChI=1S/C20H15NO5/c1-25-16-9-5-2-6-12(16)11-21-14-8-4-3-7-13(14)19-18(20(21)24)15(22)10-17(23)26-19/h2-10,22H,11H2,1H3. The van der Waals surface area contributed by atoms with Crippen molar-refractivity contribution in [3.05, 3.63) is 80.9 Å². The van der Waals surface area contributed by atoms with E-state index in [0.29, 0.717) is 16.7 Å². The average molecular weight is 349 g/mol. The van der Waals surface area contributed by atoms with Gasteiger partial charge in [0.1, 0.15) is 16.9 Å². The number of fused-ring (bicyclic) bond motifs is 3. The Balaban J connectivity index is 2.10. The van der Waals surface area contributed by atoms with Crippen LogP contribution in [0.1, 0.15) is 5.56 Å². The fourth-order valence-corrected chi connectivity index (χ4v) is 3.18. The number of methoxy groups -OCH3 is 1. The number of pyridine rings is 1. The summed E-state index contributed by atoms with van der Waals surface area (Å²) < 4.78 is 12.1. The van der Waals surface area contributed by atoms with Gasteiger partial charge in [0.25, 0.3) is 5.56 Å². The minimum atomic E-state index is -0.706. The largest absolute Gasteiger partial charge is 0.507 e. The molecule has 0 unspecified atom stereocenters. The molecule has 4 rings (SSSR count). The second-order valence-corrected chi connectivity index (χ2v) is 5.88. The van der Waals surface area contributed by atoms with Crippen LogP contribution >= 0.6 is 0 Å². The maximum absolute atomic E-state index is 13.1. The number of benzene rings is 2. The number of para-hydroxylation sites is 2. The lowest BCUT2D eigenvalue weighted by atomic mass is 10.1. The summed E-state index contributed by atoms with van der Waals surface area (Å²) in [7, 11) is 1.57. The molecule has 0 saturated heterocycles. The molecule has 130 valence electrons. The number of ether oxygens (including phenoxy) is 1. The zero-order chi connectivity index (χ0) is 18.3. The van der Waals surface area contributed by atoms with E-state index >= 15 is 0 Å². The fourth-order valence-electron chi connectivity index (χ4n) is 3.18. The zero-order valence-corrected chi connectivity index (χ0v) is 13.9. The molecule has 4 aromatic rings. The molecule has 0 aliphatic carbocycles. The van der Waals surface area contributed by atoms with Crippen LogP contribution < -0.4 is 15.9 Å². The van der Waals surface area contributed by atoms with Crippen LogP contribution in [0.4, 0.5) is 0 Å². The molecule has 0 radical (unpaired) electrons. The second kappa shape index (κ2) is 6.07. The van der Waals surface area contributed by atoms with Crippen LogP contribution in [-0.2, 0) is 6.54 Å². The van der Waals surface area contributed by atoms with Gasteiger partial charge in [0.2, 0.25) is 0 Å². The van der Waals surface area contributed by atoms with Gasteiger partial charge in [-0.1, -0.05) is 30.3 Å². The number of rotatable bonds is 3. The van der Waals surface area contributed by atoms with Crippen LogP contribution in [0.3, 0.4) is 0 Å². The SMILES string of the molecule is COc1ccccc1Cn1c(=O)c2c(O)cc(=O)oc2c2ccccc21. The third-order valence-corrected chi connectivity index (χ3v) is 4.36. The van der Waals surface area contributed by atoms with E-state index in [0.717, 1.165) is 11.6 Å². The molecule has 6 nitrogen and oxygen atoms in total. The summed E-state index contributed by atoms with van der Waals surface area (Å²) in [6, 6.07) is 15.4. The predicted octanol–water partition coefficient (Wildman–Crippen LogP) is 2.87. The highest BCUT2D eigenvalue weighted by Gasteiger charge is 2.17. The van der Waals surface area contributed by atoms with Crippen molar-refractivity contribution in [3.63, 3.8) is 0 Å². The van der Waals surface area contributed by atoms with Gasteiger partial charge < -0.3 is 18.8 Å². The lowest BCUT2D eigenvalue weighted by molar-refractivity contribution is 0.408. The molecular formula is C20H15NO5. The van der Waals surface area contributed by atoms with Crippen molar-refractivity contribution in [3.8, 4) is 11.5 Å². The highest BCUT2D eigenvalue weighted by atomic mass is 16.5. The van der Waals surface area contributed by atoms with Gasteiger partial charge in [-0.05, 0) is 18.2 Å². The summed E-state index contributed by atoms with van der Waals surface area (Å²) in [5, 5.41) is 10.7. The second-order valence-electron chi connectivity index (χ2n) is 5.88. The topological polar surface area (TPSA) is 81.7 Å². The van der Waals surface area contributed by atoms with E-state index in [2.05, 4.69) is 0 Å². The third kappa shape index (κ3) is 2.43. The highest BCUT2D eigenvalue weighted by Crippen LogP contribution is 2.28. The maximum Gasteiger partial charge on any atom is 0.339 e. The first kappa shape index (κ1) is 16.0. The minimum Gasteiger partial charge on any atom is -0.507 e. The van der Waals surface area contributed by atoms with Gasteiger partial charge in [-0.15, -0.1) is 0 Å². The van der Waals surface area contributed by atoms with E-state index < -0.39 is 11.2 Å². The van der Waals surface area contributed by atoms with Crippen molar-refractivity contribution >= 4 is 21.9 Å². The smallest absolute Gasteiger partial charge is 0.339 e. The molecule has 1 N–H and O–H groups in total. The zero-order valence-electron chi connectivity index (χ0n) is 13.9. The molecule has 0 spiro atoms. The van der Waals surface area contributed by atoms with Crippen molar-refractivity contribution in [1.82, 2.24) is 4.57 Å². The third-order valence-electron chi connectivity index (χ3n) is 4.36. The number of hydrogen-bond donors (Lipinski definition) is 1. The Morgan fingerprint density at radius 2 is 1.81 bits per heavy atom. The Morgan fingerprint density at radius 3 is 2.62 bits per heavy atom. The molecule has 0 amide bonds. The quantitative estimate of drug-likeness (QED) is 0.575. The minimum absolute atomic E-state index is 0.0156. The summed E-state index contributed by atoms with van der Waals surface area (Å²) >= 11 is 0. The normalized spacial score (nSPS) is 11.1. The molecule has 26 heavy (non-hydrogen) atoms. The number of nitrogens with zero attached hydrogens (tertiary/aromatic N) is 1. The Bertz CT molecular complexity index is 1250. The van der Waals surface area contributed by atoms with Gasteiger partial charge in [0.05, 0.1) is 25.2 Å². The molecule has 0 aliphatic heterocycles. The Morgan fingerprint density at radius 1 is 1.08 bits per heavy atom. The summed E-state index contributed by atoms with van der Waals surface area (Å²) in [5.41, 5.74) is 0.364.